The fourth-order valence-corrected chi connectivity index (χ4v) is 2.54. The van der Waals surface area contributed by atoms with E-state index in [9.17, 15) is 8.78 Å². The Bertz CT molecular complexity index is 301. The molecule has 0 fully saturated rings. The molecule has 0 bridgehead atoms. The molecule has 0 atom stereocenters. The van der Waals surface area contributed by atoms with Crippen LogP contribution in [0.1, 0.15) is 41.0 Å². The quantitative estimate of drug-likeness (QED) is 0.590. The monoisotopic (exact) mass is 200 g/mol. The van der Waals surface area contributed by atoms with Crippen molar-refractivity contribution in [3.63, 3.8) is 0 Å². The summed E-state index contributed by atoms with van der Waals surface area (Å²) in [4.78, 5) is 0. The zero-order valence-electron chi connectivity index (χ0n) is 9.54. The summed E-state index contributed by atoms with van der Waals surface area (Å²) in [6.45, 7) is 8.71. The second-order valence-corrected chi connectivity index (χ2v) is 5.04. The lowest BCUT2D eigenvalue weighted by Gasteiger charge is -2.31. The minimum absolute atomic E-state index is 0.0168. The van der Waals surface area contributed by atoms with Crippen molar-refractivity contribution < 1.29 is 8.78 Å². The third-order valence-electron chi connectivity index (χ3n) is 2.59. The van der Waals surface area contributed by atoms with E-state index in [1.165, 1.54) is 0 Å². The lowest BCUT2D eigenvalue weighted by molar-refractivity contribution is 0.0634. The number of alkyl halides is 2. The topological polar surface area (TPSA) is 0 Å². The number of hydrogen-bond acceptors (Lipinski definition) is 0. The van der Waals surface area contributed by atoms with E-state index in [0.717, 1.165) is 24.5 Å². The lowest BCUT2D eigenvalue weighted by atomic mass is 9.75. The van der Waals surface area contributed by atoms with Crippen LogP contribution in [0.2, 0.25) is 0 Å². The van der Waals surface area contributed by atoms with Crippen LogP contribution in [0, 0.1) is 5.41 Å². The molecule has 1 aliphatic carbocycles. The van der Waals surface area contributed by atoms with E-state index in [1.54, 1.807) is 6.92 Å². The molecule has 0 aromatic carbocycles. The van der Waals surface area contributed by atoms with Gasteiger partial charge in [-0.2, -0.15) is 0 Å². The molecule has 0 N–H and O–H groups in total. The second kappa shape index (κ2) is 3.18. The van der Waals surface area contributed by atoms with Crippen molar-refractivity contribution in [2.75, 3.05) is 0 Å². The zero-order valence-corrected chi connectivity index (χ0v) is 9.54. The molecule has 2 heteroatoms. The Hall–Kier alpha value is -0.660. The van der Waals surface area contributed by atoms with Gasteiger partial charge in [0.15, 0.2) is 0 Å². The van der Waals surface area contributed by atoms with Crippen LogP contribution in [0.5, 0.6) is 0 Å². The highest BCUT2D eigenvalue weighted by Crippen LogP contribution is 2.42. The minimum atomic E-state index is -2.71. The van der Waals surface area contributed by atoms with E-state index in [4.69, 9.17) is 0 Å². The molecular weight excluding hydrogens is 182 g/mol. The Morgan fingerprint density at radius 1 is 1.29 bits per heavy atom. The molecule has 0 aromatic heterocycles. The highest BCUT2D eigenvalue weighted by molar-refractivity contribution is 5.42. The molecule has 0 saturated carbocycles. The largest absolute Gasteiger partial charge is 0.270 e. The van der Waals surface area contributed by atoms with Crippen molar-refractivity contribution in [2.24, 2.45) is 5.41 Å². The van der Waals surface area contributed by atoms with Crippen molar-refractivity contribution in [2.45, 2.75) is 47.0 Å². The molecule has 0 heterocycles. The molecule has 0 amide bonds. The van der Waals surface area contributed by atoms with Gasteiger partial charge in [-0.05, 0) is 31.3 Å². The van der Waals surface area contributed by atoms with E-state index in [-0.39, 0.29) is 11.0 Å². The molecule has 0 aromatic rings. The van der Waals surface area contributed by atoms with Gasteiger partial charge in [-0.1, -0.05) is 25.5 Å². The summed E-state index contributed by atoms with van der Waals surface area (Å²) in [5.74, 6) is -2.71. The molecule has 1 aliphatic rings. The molecule has 0 radical (unpaired) electrons. The van der Waals surface area contributed by atoms with Crippen LogP contribution in [0.25, 0.3) is 0 Å². The Kier molecular flexibility index (Phi) is 2.59. The van der Waals surface area contributed by atoms with Gasteiger partial charge in [0.25, 0.3) is 5.92 Å². The summed E-state index contributed by atoms with van der Waals surface area (Å²) in [6, 6.07) is 0. The van der Waals surface area contributed by atoms with Crippen molar-refractivity contribution >= 4 is 0 Å². The average Bonchev–Trinajstić information content (AvgIpc) is 1.75. The summed E-state index contributed by atoms with van der Waals surface area (Å²) < 4.78 is 26.5. The molecule has 0 unspecified atom stereocenters. The van der Waals surface area contributed by atoms with Gasteiger partial charge < -0.3 is 0 Å². The van der Waals surface area contributed by atoms with Gasteiger partial charge in [0.2, 0.25) is 0 Å². The standard InChI is InChI=1S/C12H18F2/c1-8-6-11(3,4)7-9(2)10(8)12(5,13)14/h6H,7H2,1-5H3. The Labute approximate surface area is 84.7 Å². The van der Waals surface area contributed by atoms with Gasteiger partial charge in [0, 0.05) is 12.5 Å². The summed E-state index contributed by atoms with van der Waals surface area (Å²) >= 11 is 0. The highest BCUT2D eigenvalue weighted by atomic mass is 19.3. The van der Waals surface area contributed by atoms with Gasteiger partial charge in [-0.3, -0.25) is 0 Å². The predicted octanol–water partition coefficient (Wildman–Crippen LogP) is 4.33. The maximum atomic E-state index is 13.3. The van der Waals surface area contributed by atoms with Gasteiger partial charge in [0.05, 0.1) is 0 Å². The number of hydrogen-bond donors (Lipinski definition) is 0. The molecule has 1 rings (SSSR count). The predicted molar refractivity (Wildman–Crippen MR) is 55.5 cm³/mol. The maximum Gasteiger partial charge on any atom is 0.270 e. The first-order valence-electron chi connectivity index (χ1n) is 4.91. The maximum absolute atomic E-state index is 13.3. The van der Waals surface area contributed by atoms with Crippen LogP contribution in [0.4, 0.5) is 8.78 Å². The lowest BCUT2D eigenvalue weighted by Crippen LogP contribution is -2.23. The molecular formula is C12H18F2. The Morgan fingerprint density at radius 2 is 1.79 bits per heavy atom. The molecule has 0 aliphatic heterocycles. The van der Waals surface area contributed by atoms with Crippen molar-refractivity contribution in [1.29, 1.82) is 0 Å². The van der Waals surface area contributed by atoms with Crippen molar-refractivity contribution in [3.8, 4) is 0 Å². The van der Waals surface area contributed by atoms with Crippen molar-refractivity contribution in [1.82, 2.24) is 0 Å². The van der Waals surface area contributed by atoms with Crippen LogP contribution in [-0.2, 0) is 0 Å². The van der Waals surface area contributed by atoms with E-state index in [2.05, 4.69) is 13.8 Å². The third-order valence-corrected chi connectivity index (χ3v) is 2.59. The number of halogens is 2. The van der Waals surface area contributed by atoms with Crippen LogP contribution in [0.15, 0.2) is 22.8 Å². The number of rotatable bonds is 1. The molecule has 14 heavy (non-hydrogen) atoms. The molecule has 80 valence electrons. The van der Waals surface area contributed by atoms with Crippen LogP contribution >= 0.6 is 0 Å². The normalized spacial score (nSPS) is 22.4. The van der Waals surface area contributed by atoms with Crippen LogP contribution in [0.3, 0.4) is 0 Å². The van der Waals surface area contributed by atoms with E-state index in [0.29, 0.717) is 0 Å². The fourth-order valence-electron chi connectivity index (χ4n) is 2.54. The van der Waals surface area contributed by atoms with E-state index >= 15 is 0 Å². The first-order valence-corrected chi connectivity index (χ1v) is 4.91. The molecule has 0 saturated heterocycles. The third kappa shape index (κ3) is 2.23. The van der Waals surface area contributed by atoms with Crippen LogP contribution in [-0.4, -0.2) is 5.92 Å². The van der Waals surface area contributed by atoms with Gasteiger partial charge >= 0.3 is 0 Å². The molecule has 0 spiro atoms. The molecule has 0 nitrogen and oxygen atoms in total. The summed E-state index contributed by atoms with van der Waals surface area (Å²) in [5.41, 5.74) is 1.80. The average molecular weight is 200 g/mol. The first kappa shape index (κ1) is 11.4. The second-order valence-electron chi connectivity index (χ2n) is 5.04. The van der Waals surface area contributed by atoms with Gasteiger partial charge in [-0.15, -0.1) is 0 Å². The highest BCUT2D eigenvalue weighted by Gasteiger charge is 2.35. The van der Waals surface area contributed by atoms with Gasteiger partial charge in [0.1, 0.15) is 0 Å². The summed E-state index contributed by atoms with van der Waals surface area (Å²) in [5, 5.41) is 0. The van der Waals surface area contributed by atoms with Gasteiger partial charge in [-0.25, -0.2) is 8.78 Å². The zero-order chi connectivity index (χ0) is 11.1. The fraction of sp³-hybridized carbons (Fsp3) is 0.667. The first-order chi connectivity index (χ1) is 6.13. The smallest absolute Gasteiger partial charge is 0.202 e. The minimum Gasteiger partial charge on any atom is -0.202 e. The Balaban J connectivity index is 3.17. The van der Waals surface area contributed by atoms with Crippen molar-refractivity contribution in [3.05, 3.63) is 22.8 Å². The number of allylic oxidation sites excluding steroid dienone is 4. The van der Waals surface area contributed by atoms with E-state index in [1.807, 2.05) is 13.0 Å². The van der Waals surface area contributed by atoms with E-state index < -0.39 is 5.92 Å². The Morgan fingerprint density at radius 3 is 2.14 bits per heavy atom. The SMILES string of the molecule is CC1=CC(C)(C)CC(C)=C1C(C)(F)F. The summed E-state index contributed by atoms with van der Waals surface area (Å²) in [7, 11) is 0. The van der Waals surface area contributed by atoms with Crippen LogP contribution < -0.4 is 0 Å². The summed E-state index contributed by atoms with van der Waals surface area (Å²) in [6.07, 6.45) is 2.68.